The normalized spacial score (nSPS) is 16.4. The number of rotatable bonds is 3. The van der Waals surface area contributed by atoms with E-state index in [0.29, 0.717) is 11.3 Å². The third-order valence-electron chi connectivity index (χ3n) is 3.12. The van der Waals surface area contributed by atoms with Crippen molar-refractivity contribution in [2.24, 2.45) is 0 Å². The molecule has 2 aromatic rings. The number of carbonyl (C=O) groups is 2. The predicted octanol–water partition coefficient (Wildman–Crippen LogP) is 2.67. The van der Waals surface area contributed by atoms with E-state index in [1.165, 1.54) is 12.1 Å². The first-order valence-corrected chi connectivity index (χ1v) is 6.05. The maximum Gasteiger partial charge on any atom is 0.340 e. The molecule has 0 radical (unpaired) electrons. The van der Waals surface area contributed by atoms with Gasteiger partial charge in [0.05, 0.1) is 11.1 Å². The third kappa shape index (κ3) is 2.09. The summed E-state index contributed by atoms with van der Waals surface area (Å²) in [6.45, 7) is 0. The van der Waals surface area contributed by atoms with Gasteiger partial charge in [0.1, 0.15) is 0 Å². The van der Waals surface area contributed by atoms with E-state index >= 15 is 0 Å². The molecule has 100 valence electrons. The van der Waals surface area contributed by atoms with Crippen molar-refractivity contribution in [3.8, 4) is 0 Å². The smallest absolute Gasteiger partial charge is 0.340 e. The zero-order chi connectivity index (χ0) is 14.1. The van der Waals surface area contributed by atoms with Crippen molar-refractivity contribution in [1.29, 1.82) is 0 Å². The van der Waals surface area contributed by atoms with Gasteiger partial charge in [-0.2, -0.15) is 0 Å². The van der Waals surface area contributed by atoms with Crippen LogP contribution in [-0.4, -0.2) is 17.0 Å². The van der Waals surface area contributed by atoms with Gasteiger partial charge in [0, 0.05) is 11.3 Å². The van der Waals surface area contributed by atoms with Gasteiger partial charge in [-0.05, 0) is 30.3 Å². The summed E-state index contributed by atoms with van der Waals surface area (Å²) in [5, 5.41) is 11.9. The highest BCUT2D eigenvalue weighted by molar-refractivity contribution is 5.94. The van der Waals surface area contributed by atoms with Gasteiger partial charge in [0.15, 0.2) is 0 Å². The van der Waals surface area contributed by atoms with E-state index in [1.807, 2.05) is 12.1 Å². The van der Waals surface area contributed by atoms with Crippen LogP contribution >= 0.6 is 0 Å². The molecule has 1 heterocycles. The van der Waals surface area contributed by atoms with Gasteiger partial charge in [-0.3, -0.25) is 0 Å². The summed E-state index contributed by atoms with van der Waals surface area (Å²) in [6, 6.07) is 13.4. The second kappa shape index (κ2) is 4.70. The maximum atomic E-state index is 11.7. The number of carbonyl (C=O) groups excluding carboxylic acids is 1. The van der Waals surface area contributed by atoms with Gasteiger partial charge in [0.2, 0.25) is 6.23 Å². The van der Waals surface area contributed by atoms with Crippen molar-refractivity contribution in [2.75, 3.05) is 5.32 Å². The van der Waals surface area contributed by atoms with Crippen molar-refractivity contribution >= 4 is 17.6 Å². The van der Waals surface area contributed by atoms with E-state index in [-0.39, 0.29) is 11.5 Å². The number of hydrogen-bond donors (Lipinski definition) is 2. The molecule has 1 atom stereocenters. The number of fused-ring (bicyclic) bond motifs is 1. The molecule has 20 heavy (non-hydrogen) atoms. The molecule has 2 aromatic carbocycles. The van der Waals surface area contributed by atoms with Gasteiger partial charge >= 0.3 is 11.9 Å². The number of cyclic esters (lactones) is 1. The number of benzene rings is 2. The Bertz CT molecular complexity index is 679. The summed E-state index contributed by atoms with van der Waals surface area (Å²) in [7, 11) is 0. The topological polar surface area (TPSA) is 75.6 Å². The van der Waals surface area contributed by atoms with Crippen LogP contribution in [0, 0.1) is 0 Å². The molecule has 0 unspecified atom stereocenters. The van der Waals surface area contributed by atoms with Gasteiger partial charge < -0.3 is 15.2 Å². The standard InChI is InChI=1S/C15H11NO4/c17-14(18)9-5-7-10(8-6-9)16-13-11-3-1-2-4-12(11)15(19)20-13/h1-8,13,16H,(H,17,18)/t13-/m0/s1. The number of nitrogens with one attached hydrogen (secondary N) is 1. The molecule has 0 amide bonds. The number of carboxylic acids is 1. The molecule has 0 saturated carbocycles. The van der Waals surface area contributed by atoms with Crippen molar-refractivity contribution in [3.05, 3.63) is 65.2 Å². The van der Waals surface area contributed by atoms with Crippen LogP contribution in [0.2, 0.25) is 0 Å². The fourth-order valence-corrected chi connectivity index (χ4v) is 2.11. The summed E-state index contributed by atoms with van der Waals surface area (Å²) in [5.74, 6) is -1.34. The Morgan fingerprint density at radius 1 is 1.10 bits per heavy atom. The van der Waals surface area contributed by atoms with Crippen LogP contribution in [0.1, 0.15) is 32.5 Å². The minimum absolute atomic E-state index is 0.208. The average molecular weight is 269 g/mol. The zero-order valence-corrected chi connectivity index (χ0v) is 10.4. The SMILES string of the molecule is O=C(O)c1ccc(N[C@H]2OC(=O)c3ccccc32)cc1. The lowest BCUT2D eigenvalue weighted by molar-refractivity contribution is 0.0437. The van der Waals surface area contributed by atoms with Crippen LogP contribution in [0.15, 0.2) is 48.5 Å². The van der Waals surface area contributed by atoms with Crippen LogP contribution in [0.5, 0.6) is 0 Å². The second-order valence-electron chi connectivity index (χ2n) is 4.40. The Labute approximate surface area is 114 Å². The molecule has 2 N–H and O–H groups in total. The van der Waals surface area contributed by atoms with E-state index in [2.05, 4.69) is 5.32 Å². The molecule has 1 aliphatic heterocycles. The fraction of sp³-hybridized carbons (Fsp3) is 0.0667. The van der Waals surface area contributed by atoms with E-state index in [9.17, 15) is 9.59 Å². The monoisotopic (exact) mass is 269 g/mol. The molecule has 0 aliphatic carbocycles. The number of esters is 1. The van der Waals surface area contributed by atoms with E-state index in [0.717, 1.165) is 5.56 Å². The molecule has 5 heteroatoms. The summed E-state index contributed by atoms with van der Waals surface area (Å²) in [4.78, 5) is 22.4. The van der Waals surface area contributed by atoms with E-state index < -0.39 is 12.2 Å². The maximum absolute atomic E-state index is 11.7. The summed E-state index contributed by atoms with van der Waals surface area (Å²) < 4.78 is 5.25. The van der Waals surface area contributed by atoms with Crippen molar-refractivity contribution in [2.45, 2.75) is 6.23 Å². The van der Waals surface area contributed by atoms with E-state index in [1.54, 1.807) is 24.3 Å². The molecular formula is C15H11NO4. The number of anilines is 1. The van der Waals surface area contributed by atoms with Crippen LogP contribution in [0.4, 0.5) is 5.69 Å². The van der Waals surface area contributed by atoms with Gasteiger partial charge in [-0.1, -0.05) is 18.2 Å². The quantitative estimate of drug-likeness (QED) is 0.838. The number of hydrogen-bond acceptors (Lipinski definition) is 4. The highest BCUT2D eigenvalue weighted by Gasteiger charge is 2.30. The highest BCUT2D eigenvalue weighted by Crippen LogP contribution is 2.31. The lowest BCUT2D eigenvalue weighted by Gasteiger charge is -2.14. The molecule has 0 aromatic heterocycles. The van der Waals surface area contributed by atoms with Crippen LogP contribution in [0.25, 0.3) is 0 Å². The zero-order valence-electron chi connectivity index (χ0n) is 10.4. The molecule has 1 aliphatic rings. The van der Waals surface area contributed by atoms with Crippen molar-refractivity contribution in [1.82, 2.24) is 0 Å². The minimum Gasteiger partial charge on any atom is -0.478 e. The Hall–Kier alpha value is -2.82. The van der Waals surface area contributed by atoms with E-state index in [4.69, 9.17) is 9.84 Å². The average Bonchev–Trinajstić information content (AvgIpc) is 2.77. The molecule has 0 saturated heterocycles. The Balaban J connectivity index is 1.82. The fourth-order valence-electron chi connectivity index (χ4n) is 2.11. The molecular weight excluding hydrogens is 258 g/mol. The third-order valence-corrected chi connectivity index (χ3v) is 3.12. The molecule has 0 spiro atoms. The van der Waals surface area contributed by atoms with Crippen LogP contribution in [0.3, 0.4) is 0 Å². The van der Waals surface area contributed by atoms with Crippen LogP contribution < -0.4 is 5.32 Å². The highest BCUT2D eigenvalue weighted by atomic mass is 16.6. The van der Waals surface area contributed by atoms with Gasteiger partial charge in [-0.15, -0.1) is 0 Å². The Kier molecular flexibility index (Phi) is 2.87. The Morgan fingerprint density at radius 3 is 2.50 bits per heavy atom. The number of aromatic carboxylic acids is 1. The van der Waals surface area contributed by atoms with Gasteiger partial charge in [0.25, 0.3) is 0 Å². The van der Waals surface area contributed by atoms with Gasteiger partial charge in [-0.25, -0.2) is 9.59 Å². The van der Waals surface area contributed by atoms with Crippen molar-refractivity contribution in [3.63, 3.8) is 0 Å². The molecule has 0 bridgehead atoms. The Morgan fingerprint density at radius 2 is 1.80 bits per heavy atom. The molecule has 0 fully saturated rings. The number of carboxylic acid groups (broad SMARTS) is 1. The lowest BCUT2D eigenvalue weighted by Crippen LogP contribution is -2.10. The number of ether oxygens (including phenoxy) is 1. The first-order chi connectivity index (χ1) is 9.65. The second-order valence-corrected chi connectivity index (χ2v) is 4.40. The summed E-state index contributed by atoms with van der Waals surface area (Å²) in [6.07, 6.45) is -0.547. The minimum atomic E-state index is -0.978. The summed E-state index contributed by atoms with van der Waals surface area (Å²) >= 11 is 0. The van der Waals surface area contributed by atoms with Crippen molar-refractivity contribution < 1.29 is 19.4 Å². The predicted molar refractivity (Wildman–Crippen MR) is 71.6 cm³/mol. The largest absolute Gasteiger partial charge is 0.478 e. The lowest BCUT2D eigenvalue weighted by atomic mass is 10.1. The first kappa shape index (κ1) is 12.2. The molecule has 5 nitrogen and oxygen atoms in total. The van der Waals surface area contributed by atoms with Crippen LogP contribution in [-0.2, 0) is 4.74 Å². The first-order valence-electron chi connectivity index (χ1n) is 6.05. The molecule has 3 rings (SSSR count). The summed E-state index contributed by atoms with van der Waals surface area (Å²) in [5.41, 5.74) is 2.22.